The first-order valence-corrected chi connectivity index (χ1v) is 10.2. The molecule has 0 unspecified atom stereocenters. The van der Waals surface area contributed by atoms with E-state index in [1.54, 1.807) is 6.26 Å². The molecule has 156 valence electrons. The molecule has 0 radical (unpaired) electrons. The standard InChI is InChI=1S/C21H30N6O2/c1-2-22-21(24-11-6-10-23-20(28)18-7-4-3-5-8-18)27-14-12-26(13-15-27)17-19-9-16-29-25-19/h3-5,7-9,16H,2,6,10-15,17H2,1H3,(H,22,24)(H,23,28). The Kier molecular flexibility index (Phi) is 8.06. The molecule has 3 rings (SSSR count). The molecule has 1 amide bonds. The third-order valence-corrected chi connectivity index (χ3v) is 4.80. The number of rotatable bonds is 8. The normalized spacial score (nSPS) is 15.3. The summed E-state index contributed by atoms with van der Waals surface area (Å²) in [6, 6.07) is 11.2. The first-order valence-electron chi connectivity index (χ1n) is 10.2. The molecule has 2 aromatic rings. The molecule has 0 bridgehead atoms. The molecule has 0 atom stereocenters. The zero-order chi connectivity index (χ0) is 20.3. The van der Waals surface area contributed by atoms with Crippen LogP contribution in [-0.4, -0.2) is 72.6 Å². The van der Waals surface area contributed by atoms with Crippen LogP contribution in [0.15, 0.2) is 52.2 Å². The van der Waals surface area contributed by atoms with Crippen molar-refractivity contribution in [3.05, 3.63) is 53.9 Å². The van der Waals surface area contributed by atoms with Gasteiger partial charge in [-0.1, -0.05) is 23.4 Å². The number of guanidine groups is 1. The summed E-state index contributed by atoms with van der Waals surface area (Å²) in [6.45, 7) is 8.80. The zero-order valence-electron chi connectivity index (χ0n) is 17.0. The quantitative estimate of drug-likeness (QED) is 0.399. The minimum Gasteiger partial charge on any atom is -0.364 e. The number of carbonyl (C=O) groups excluding carboxylic acids is 1. The summed E-state index contributed by atoms with van der Waals surface area (Å²) in [5, 5.41) is 10.3. The number of piperazine rings is 1. The number of aliphatic imine (C=N–C) groups is 1. The Morgan fingerprint density at radius 3 is 2.62 bits per heavy atom. The number of hydrogen-bond acceptors (Lipinski definition) is 5. The Labute approximate surface area is 172 Å². The van der Waals surface area contributed by atoms with Crippen LogP contribution in [0.3, 0.4) is 0 Å². The Morgan fingerprint density at radius 1 is 1.14 bits per heavy atom. The van der Waals surface area contributed by atoms with Gasteiger partial charge in [0.1, 0.15) is 6.26 Å². The number of carbonyl (C=O) groups is 1. The van der Waals surface area contributed by atoms with Gasteiger partial charge in [0.25, 0.3) is 5.91 Å². The lowest BCUT2D eigenvalue weighted by molar-refractivity contribution is 0.0953. The lowest BCUT2D eigenvalue weighted by Gasteiger charge is -2.36. The molecule has 1 aliphatic heterocycles. The highest BCUT2D eigenvalue weighted by molar-refractivity contribution is 5.94. The molecule has 1 fully saturated rings. The number of aromatic nitrogens is 1. The van der Waals surface area contributed by atoms with Crippen LogP contribution in [0.1, 0.15) is 29.4 Å². The molecule has 8 heteroatoms. The topological polar surface area (TPSA) is 86.0 Å². The Balaban J connectivity index is 1.39. The van der Waals surface area contributed by atoms with Crippen molar-refractivity contribution in [3.8, 4) is 0 Å². The van der Waals surface area contributed by atoms with E-state index in [0.717, 1.165) is 57.3 Å². The average molecular weight is 399 g/mol. The van der Waals surface area contributed by atoms with Crippen LogP contribution in [0.2, 0.25) is 0 Å². The van der Waals surface area contributed by atoms with Crippen molar-refractivity contribution in [1.29, 1.82) is 0 Å². The molecule has 0 saturated carbocycles. The highest BCUT2D eigenvalue weighted by atomic mass is 16.5. The molecule has 0 spiro atoms. The van der Waals surface area contributed by atoms with Crippen molar-refractivity contribution >= 4 is 11.9 Å². The van der Waals surface area contributed by atoms with E-state index < -0.39 is 0 Å². The highest BCUT2D eigenvalue weighted by Gasteiger charge is 2.20. The van der Waals surface area contributed by atoms with Crippen molar-refractivity contribution < 1.29 is 9.32 Å². The van der Waals surface area contributed by atoms with Gasteiger partial charge in [-0.2, -0.15) is 0 Å². The first kappa shape index (κ1) is 20.9. The molecule has 1 aliphatic rings. The summed E-state index contributed by atoms with van der Waals surface area (Å²) < 4.78 is 4.91. The summed E-state index contributed by atoms with van der Waals surface area (Å²) in [5.41, 5.74) is 1.66. The van der Waals surface area contributed by atoms with Crippen LogP contribution in [-0.2, 0) is 6.54 Å². The van der Waals surface area contributed by atoms with Gasteiger partial charge in [0.15, 0.2) is 5.96 Å². The molecule has 1 aromatic carbocycles. The smallest absolute Gasteiger partial charge is 0.251 e. The third kappa shape index (κ3) is 6.60. The Hall–Kier alpha value is -2.87. The molecule has 0 aliphatic carbocycles. The van der Waals surface area contributed by atoms with E-state index in [1.807, 2.05) is 36.4 Å². The number of amides is 1. The third-order valence-electron chi connectivity index (χ3n) is 4.80. The van der Waals surface area contributed by atoms with Gasteiger partial charge in [-0.05, 0) is 25.5 Å². The fourth-order valence-corrected chi connectivity index (χ4v) is 3.25. The summed E-state index contributed by atoms with van der Waals surface area (Å²) in [7, 11) is 0. The van der Waals surface area contributed by atoms with Gasteiger partial charge in [0.05, 0.1) is 5.69 Å². The molecule has 2 N–H and O–H groups in total. The van der Waals surface area contributed by atoms with E-state index in [0.29, 0.717) is 18.7 Å². The highest BCUT2D eigenvalue weighted by Crippen LogP contribution is 2.07. The predicted molar refractivity (Wildman–Crippen MR) is 113 cm³/mol. The monoisotopic (exact) mass is 398 g/mol. The second-order valence-corrected chi connectivity index (χ2v) is 6.97. The maximum atomic E-state index is 12.1. The van der Waals surface area contributed by atoms with Gasteiger partial charge in [0.2, 0.25) is 0 Å². The van der Waals surface area contributed by atoms with Crippen molar-refractivity contribution in [3.63, 3.8) is 0 Å². The van der Waals surface area contributed by atoms with E-state index in [1.165, 1.54) is 0 Å². The summed E-state index contributed by atoms with van der Waals surface area (Å²) in [6.07, 6.45) is 2.42. The van der Waals surface area contributed by atoms with Crippen LogP contribution >= 0.6 is 0 Å². The van der Waals surface area contributed by atoms with E-state index in [9.17, 15) is 4.79 Å². The summed E-state index contributed by atoms with van der Waals surface area (Å²) in [4.78, 5) is 21.5. The molecule has 1 saturated heterocycles. The van der Waals surface area contributed by atoms with E-state index in [2.05, 4.69) is 32.5 Å². The van der Waals surface area contributed by atoms with Gasteiger partial charge in [-0.15, -0.1) is 0 Å². The minimum absolute atomic E-state index is 0.0373. The molecule has 29 heavy (non-hydrogen) atoms. The van der Waals surface area contributed by atoms with E-state index in [-0.39, 0.29) is 5.91 Å². The second-order valence-electron chi connectivity index (χ2n) is 6.97. The number of nitrogens with zero attached hydrogens (tertiary/aromatic N) is 4. The predicted octanol–water partition coefficient (Wildman–Crippen LogP) is 1.58. The van der Waals surface area contributed by atoms with Crippen LogP contribution in [0.4, 0.5) is 0 Å². The van der Waals surface area contributed by atoms with E-state index in [4.69, 9.17) is 9.52 Å². The first-order chi connectivity index (χ1) is 14.3. The van der Waals surface area contributed by atoms with Crippen LogP contribution in [0, 0.1) is 0 Å². The average Bonchev–Trinajstić information content (AvgIpc) is 3.27. The van der Waals surface area contributed by atoms with E-state index >= 15 is 0 Å². The zero-order valence-corrected chi connectivity index (χ0v) is 17.0. The van der Waals surface area contributed by atoms with Crippen LogP contribution in [0.25, 0.3) is 0 Å². The van der Waals surface area contributed by atoms with Gasteiger partial charge in [-0.25, -0.2) is 0 Å². The van der Waals surface area contributed by atoms with Crippen molar-refractivity contribution in [2.24, 2.45) is 4.99 Å². The fraction of sp³-hybridized carbons (Fsp3) is 0.476. The van der Waals surface area contributed by atoms with Crippen molar-refractivity contribution in [2.45, 2.75) is 19.9 Å². The van der Waals surface area contributed by atoms with Crippen LogP contribution < -0.4 is 10.6 Å². The lowest BCUT2D eigenvalue weighted by atomic mass is 10.2. The largest absolute Gasteiger partial charge is 0.364 e. The molecule has 1 aromatic heterocycles. The van der Waals surface area contributed by atoms with Crippen molar-refractivity contribution in [1.82, 2.24) is 25.6 Å². The molecule has 8 nitrogen and oxygen atoms in total. The fourth-order valence-electron chi connectivity index (χ4n) is 3.25. The van der Waals surface area contributed by atoms with Gasteiger partial charge < -0.3 is 20.1 Å². The Morgan fingerprint density at radius 2 is 1.93 bits per heavy atom. The van der Waals surface area contributed by atoms with Gasteiger partial charge >= 0.3 is 0 Å². The Bertz CT molecular complexity index is 755. The summed E-state index contributed by atoms with van der Waals surface area (Å²) in [5.74, 6) is 0.910. The molecular weight excluding hydrogens is 368 g/mol. The number of benzene rings is 1. The van der Waals surface area contributed by atoms with Crippen molar-refractivity contribution in [2.75, 3.05) is 45.8 Å². The summed E-state index contributed by atoms with van der Waals surface area (Å²) >= 11 is 0. The number of nitrogens with one attached hydrogen (secondary N) is 2. The van der Waals surface area contributed by atoms with Gasteiger partial charge in [0, 0.05) is 64.0 Å². The van der Waals surface area contributed by atoms with Crippen LogP contribution in [0.5, 0.6) is 0 Å². The lowest BCUT2D eigenvalue weighted by Crippen LogP contribution is -2.52. The SMILES string of the molecule is CCNC(=NCCCNC(=O)c1ccccc1)N1CCN(Cc2ccon2)CC1. The maximum Gasteiger partial charge on any atom is 0.251 e. The second kappa shape index (κ2) is 11.2. The minimum atomic E-state index is -0.0373. The number of hydrogen-bond donors (Lipinski definition) is 2. The van der Waals surface area contributed by atoms with Gasteiger partial charge in [-0.3, -0.25) is 14.7 Å². The molecule has 2 heterocycles. The molecular formula is C21H30N6O2. The maximum absolute atomic E-state index is 12.1.